The second-order valence-corrected chi connectivity index (χ2v) is 4.22. The normalized spacial score (nSPS) is 12.2. The Morgan fingerprint density at radius 1 is 1.28 bits per heavy atom. The van der Waals surface area contributed by atoms with Gasteiger partial charge in [0.1, 0.15) is 0 Å². The summed E-state index contributed by atoms with van der Waals surface area (Å²) in [6.45, 7) is 0.176. The van der Waals surface area contributed by atoms with Crippen molar-refractivity contribution in [2.24, 2.45) is 0 Å². The highest BCUT2D eigenvalue weighted by Crippen LogP contribution is 2.17. The van der Waals surface area contributed by atoms with Crippen molar-refractivity contribution in [3.8, 4) is 0 Å². The number of pyridine rings is 1. The minimum absolute atomic E-state index is 0.130. The topological polar surface area (TPSA) is 45.1 Å². The van der Waals surface area contributed by atoms with Crippen LogP contribution in [0, 0.1) is 5.82 Å². The third kappa shape index (κ3) is 3.18. The van der Waals surface area contributed by atoms with Gasteiger partial charge in [0.2, 0.25) is 0 Å². The number of aliphatic hydroxyl groups is 1. The number of halogens is 2. The van der Waals surface area contributed by atoms with Crippen LogP contribution in [0.1, 0.15) is 11.7 Å². The average molecular weight is 267 g/mol. The van der Waals surface area contributed by atoms with E-state index in [4.69, 9.17) is 11.6 Å². The van der Waals surface area contributed by atoms with Gasteiger partial charge in [0.15, 0.2) is 11.6 Å². The number of nitrogens with zero attached hydrogens (tertiary/aromatic N) is 1. The maximum absolute atomic E-state index is 13.3. The standard InChI is InChI=1S/C13H12ClFN2O/c14-10-5-3-9(4-6-10)12(18)8-17-13-11(15)2-1-7-16-13/h1-7,12,18H,8H2,(H,16,17)/t12-/m0/s1. The number of aliphatic hydroxyl groups excluding tert-OH is 1. The summed E-state index contributed by atoms with van der Waals surface area (Å²) in [6.07, 6.45) is 0.740. The molecule has 5 heteroatoms. The second-order valence-electron chi connectivity index (χ2n) is 3.78. The third-order valence-corrected chi connectivity index (χ3v) is 2.73. The minimum atomic E-state index is -0.747. The zero-order valence-electron chi connectivity index (χ0n) is 9.48. The summed E-state index contributed by atoms with van der Waals surface area (Å²) < 4.78 is 13.3. The van der Waals surface area contributed by atoms with E-state index in [0.29, 0.717) is 10.6 Å². The first kappa shape index (κ1) is 12.8. The molecule has 0 unspecified atom stereocenters. The summed E-state index contributed by atoms with van der Waals surface area (Å²) >= 11 is 5.75. The van der Waals surface area contributed by atoms with Gasteiger partial charge in [0.05, 0.1) is 6.10 Å². The molecule has 0 spiro atoms. The molecule has 1 aromatic heterocycles. The SMILES string of the molecule is O[C@@H](CNc1ncccc1F)c1ccc(Cl)cc1. The smallest absolute Gasteiger partial charge is 0.165 e. The molecular formula is C13H12ClFN2O. The van der Waals surface area contributed by atoms with Crippen molar-refractivity contribution in [3.05, 3.63) is 59.0 Å². The Bertz CT molecular complexity index is 519. The number of rotatable bonds is 4. The zero-order chi connectivity index (χ0) is 13.0. The fourth-order valence-electron chi connectivity index (χ4n) is 1.51. The van der Waals surface area contributed by atoms with Crippen LogP contribution in [-0.2, 0) is 0 Å². The first-order valence-electron chi connectivity index (χ1n) is 5.45. The van der Waals surface area contributed by atoms with Crippen LogP contribution >= 0.6 is 11.6 Å². The molecule has 0 amide bonds. The Morgan fingerprint density at radius 2 is 2.00 bits per heavy atom. The summed E-state index contributed by atoms with van der Waals surface area (Å²) in [4.78, 5) is 3.84. The molecule has 3 nitrogen and oxygen atoms in total. The predicted molar refractivity (Wildman–Crippen MR) is 69.1 cm³/mol. The number of benzene rings is 1. The van der Waals surface area contributed by atoms with E-state index in [1.54, 1.807) is 24.3 Å². The molecule has 0 aliphatic carbocycles. The van der Waals surface area contributed by atoms with Crippen molar-refractivity contribution in [2.75, 3.05) is 11.9 Å². The Labute approximate surface area is 109 Å². The van der Waals surface area contributed by atoms with Gasteiger partial charge >= 0.3 is 0 Å². The quantitative estimate of drug-likeness (QED) is 0.894. The van der Waals surface area contributed by atoms with Crippen molar-refractivity contribution in [3.63, 3.8) is 0 Å². The summed E-state index contributed by atoms with van der Waals surface area (Å²) in [5.74, 6) is -0.314. The summed E-state index contributed by atoms with van der Waals surface area (Å²) in [6, 6.07) is 9.66. The number of anilines is 1. The maximum atomic E-state index is 13.3. The van der Waals surface area contributed by atoms with Gasteiger partial charge in [-0.15, -0.1) is 0 Å². The zero-order valence-corrected chi connectivity index (χ0v) is 10.2. The van der Waals surface area contributed by atoms with Crippen molar-refractivity contribution in [1.82, 2.24) is 4.98 Å². The number of hydrogen-bond acceptors (Lipinski definition) is 3. The highest BCUT2D eigenvalue weighted by molar-refractivity contribution is 6.30. The number of aromatic nitrogens is 1. The number of nitrogens with one attached hydrogen (secondary N) is 1. The van der Waals surface area contributed by atoms with E-state index in [1.807, 2.05) is 0 Å². The van der Waals surface area contributed by atoms with Gasteiger partial charge in [-0.2, -0.15) is 0 Å². The summed E-state index contributed by atoms with van der Waals surface area (Å²) in [5.41, 5.74) is 0.711. The van der Waals surface area contributed by atoms with Crippen molar-refractivity contribution < 1.29 is 9.50 Å². The van der Waals surface area contributed by atoms with Gasteiger partial charge in [0, 0.05) is 17.8 Å². The fraction of sp³-hybridized carbons (Fsp3) is 0.154. The lowest BCUT2D eigenvalue weighted by Crippen LogP contribution is -2.13. The largest absolute Gasteiger partial charge is 0.387 e. The first-order valence-corrected chi connectivity index (χ1v) is 5.82. The van der Waals surface area contributed by atoms with Crippen molar-refractivity contribution in [2.45, 2.75) is 6.10 Å². The average Bonchev–Trinajstić information content (AvgIpc) is 2.38. The molecule has 18 heavy (non-hydrogen) atoms. The van der Waals surface area contributed by atoms with E-state index >= 15 is 0 Å². The van der Waals surface area contributed by atoms with E-state index in [-0.39, 0.29) is 12.4 Å². The molecule has 94 valence electrons. The van der Waals surface area contributed by atoms with Crippen LogP contribution in [0.4, 0.5) is 10.2 Å². The molecule has 0 radical (unpaired) electrons. The Balaban J connectivity index is 1.98. The molecule has 0 saturated heterocycles. The van der Waals surface area contributed by atoms with E-state index in [0.717, 1.165) is 0 Å². The first-order chi connectivity index (χ1) is 8.66. The molecule has 0 saturated carbocycles. The van der Waals surface area contributed by atoms with Gasteiger partial charge in [-0.1, -0.05) is 23.7 Å². The van der Waals surface area contributed by atoms with Crippen LogP contribution in [0.3, 0.4) is 0 Å². The highest BCUT2D eigenvalue weighted by atomic mass is 35.5. The molecule has 1 heterocycles. The molecule has 2 rings (SSSR count). The molecule has 2 aromatic rings. The van der Waals surface area contributed by atoms with E-state index < -0.39 is 11.9 Å². The van der Waals surface area contributed by atoms with Gasteiger partial charge in [-0.3, -0.25) is 0 Å². The number of hydrogen-bond donors (Lipinski definition) is 2. The Kier molecular flexibility index (Phi) is 4.12. The van der Waals surface area contributed by atoms with E-state index in [1.165, 1.54) is 18.3 Å². The molecule has 0 bridgehead atoms. The van der Waals surface area contributed by atoms with Crippen molar-refractivity contribution in [1.29, 1.82) is 0 Å². The molecule has 1 aromatic carbocycles. The summed E-state index contributed by atoms with van der Waals surface area (Å²) in [7, 11) is 0. The molecular weight excluding hydrogens is 255 g/mol. The van der Waals surface area contributed by atoms with Crippen molar-refractivity contribution >= 4 is 17.4 Å². The van der Waals surface area contributed by atoms with Crippen LogP contribution < -0.4 is 5.32 Å². The van der Waals surface area contributed by atoms with Crippen LogP contribution in [0.2, 0.25) is 5.02 Å². The second kappa shape index (κ2) is 5.80. The molecule has 1 atom stereocenters. The summed E-state index contributed by atoms with van der Waals surface area (Å²) in [5, 5.41) is 13.3. The van der Waals surface area contributed by atoms with Crippen LogP contribution in [0.5, 0.6) is 0 Å². The lowest BCUT2D eigenvalue weighted by Gasteiger charge is -2.13. The monoisotopic (exact) mass is 266 g/mol. The van der Waals surface area contributed by atoms with E-state index in [2.05, 4.69) is 10.3 Å². The van der Waals surface area contributed by atoms with Crippen LogP contribution in [0.25, 0.3) is 0 Å². The van der Waals surface area contributed by atoms with Gasteiger partial charge in [-0.25, -0.2) is 9.37 Å². The van der Waals surface area contributed by atoms with E-state index in [9.17, 15) is 9.50 Å². The van der Waals surface area contributed by atoms with Gasteiger partial charge < -0.3 is 10.4 Å². The minimum Gasteiger partial charge on any atom is -0.387 e. The Morgan fingerprint density at radius 3 is 2.67 bits per heavy atom. The fourth-order valence-corrected chi connectivity index (χ4v) is 1.64. The molecule has 0 fully saturated rings. The van der Waals surface area contributed by atoms with Gasteiger partial charge in [-0.05, 0) is 29.8 Å². The lowest BCUT2D eigenvalue weighted by molar-refractivity contribution is 0.191. The predicted octanol–water partition coefficient (Wildman–Crippen LogP) is 3.02. The molecule has 0 aliphatic heterocycles. The lowest BCUT2D eigenvalue weighted by atomic mass is 10.1. The Hall–Kier alpha value is -1.65. The van der Waals surface area contributed by atoms with Gasteiger partial charge in [0.25, 0.3) is 0 Å². The van der Waals surface area contributed by atoms with Crippen LogP contribution in [0.15, 0.2) is 42.6 Å². The maximum Gasteiger partial charge on any atom is 0.165 e. The molecule has 0 aliphatic rings. The third-order valence-electron chi connectivity index (χ3n) is 2.48. The van der Waals surface area contributed by atoms with Crippen LogP contribution in [-0.4, -0.2) is 16.6 Å². The highest BCUT2D eigenvalue weighted by Gasteiger charge is 2.09. The molecule has 2 N–H and O–H groups in total.